The Balaban J connectivity index is 1.50. The van der Waals surface area contributed by atoms with Crippen LogP contribution in [0.25, 0.3) is 0 Å². The molecule has 1 heterocycles. The van der Waals surface area contributed by atoms with E-state index in [-0.39, 0.29) is 11.2 Å². The van der Waals surface area contributed by atoms with Crippen molar-refractivity contribution in [3.05, 3.63) is 60.2 Å². The molecule has 5 nitrogen and oxygen atoms in total. The van der Waals surface area contributed by atoms with Gasteiger partial charge in [0.05, 0.1) is 5.25 Å². The van der Waals surface area contributed by atoms with Crippen molar-refractivity contribution in [2.75, 3.05) is 11.6 Å². The summed E-state index contributed by atoms with van der Waals surface area (Å²) in [5.74, 6) is 0.691. The lowest BCUT2D eigenvalue weighted by Gasteiger charge is -2.11. The monoisotopic (exact) mass is 417 g/mol. The van der Waals surface area contributed by atoms with E-state index in [2.05, 4.69) is 15.5 Å². The summed E-state index contributed by atoms with van der Waals surface area (Å²) in [5, 5.41) is 10.8. The minimum atomic E-state index is -0.262. The van der Waals surface area contributed by atoms with Gasteiger partial charge in [-0.15, -0.1) is 10.2 Å². The summed E-state index contributed by atoms with van der Waals surface area (Å²) in [6, 6.07) is 17.4. The molecular weight excluding hydrogens is 398 g/mol. The molecule has 0 aliphatic rings. The van der Waals surface area contributed by atoms with Gasteiger partial charge in [-0.25, -0.2) is 0 Å². The molecule has 0 radical (unpaired) electrons. The number of rotatable bonds is 8. The van der Waals surface area contributed by atoms with Crippen LogP contribution in [-0.4, -0.2) is 27.6 Å². The second kappa shape index (κ2) is 9.77. The fourth-order valence-corrected chi connectivity index (χ4v) is 4.73. The number of ether oxygens (including phenoxy) is 1. The number of amides is 1. The van der Waals surface area contributed by atoms with Crippen LogP contribution in [-0.2, 0) is 11.4 Å². The SMILES string of the molecule is CSc1nnc(S[C@@H](C)C(=O)Nc2ccc(OCc3ccccc3)cc2)s1. The van der Waals surface area contributed by atoms with Gasteiger partial charge in [0.25, 0.3) is 0 Å². The molecule has 0 saturated carbocycles. The molecule has 140 valence electrons. The number of aromatic nitrogens is 2. The van der Waals surface area contributed by atoms with E-state index < -0.39 is 0 Å². The van der Waals surface area contributed by atoms with E-state index >= 15 is 0 Å². The maximum Gasteiger partial charge on any atom is 0.237 e. The Kier molecular flexibility index (Phi) is 7.14. The lowest BCUT2D eigenvalue weighted by molar-refractivity contribution is -0.115. The smallest absolute Gasteiger partial charge is 0.237 e. The average molecular weight is 418 g/mol. The highest BCUT2D eigenvalue weighted by Gasteiger charge is 2.17. The lowest BCUT2D eigenvalue weighted by Crippen LogP contribution is -2.22. The van der Waals surface area contributed by atoms with Crippen LogP contribution >= 0.6 is 34.9 Å². The molecule has 0 unspecified atom stereocenters. The number of hydrogen-bond donors (Lipinski definition) is 1. The molecule has 2 aromatic carbocycles. The van der Waals surface area contributed by atoms with Gasteiger partial charge in [-0.1, -0.05) is 65.2 Å². The van der Waals surface area contributed by atoms with E-state index in [1.807, 2.05) is 67.8 Å². The minimum Gasteiger partial charge on any atom is -0.489 e. The van der Waals surface area contributed by atoms with Crippen LogP contribution in [0.5, 0.6) is 5.75 Å². The van der Waals surface area contributed by atoms with Crippen LogP contribution in [0.1, 0.15) is 12.5 Å². The maximum atomic E-state index is 12.4. The third-order valence-electron chi connectivity index (χ3n) is 3.58. The zero-order chi connectivity index (χ0) is 19.1. The van der Waals surface area contributed by atoms with Crippen molar-refractivity contribution in [1.82, 2.24) is 10.2 Å². The summed E-state index contributed by atoms with van der Waals surface area (Å²) in [6.45, 7) is 2.37. The molecule has 0 aliphatic heterocycles. The Bertz CT molecular complexity index is 869. The number of nitrogens with zero attached hydrogens (tertiary/aromatic N) is 2. The zero-order valence-corrected chi connectivity index (χ0v) is 17.4. The molecule has 0 fully saturated rings. The molecule has 1 N–H and O–H groups in total. The van der Waals surface area contributed by atoms with Crippen LogP contribution in [0.4, 0.5) is 5.69 Å². The minimum absolute atomic E-state index is 0.0705. The van der Waals surface area contributed by atoms with Crippen LogP contribution < -0.4 is 10.1 Å². The van der Waals surface area contributed by atoms with Crippen LogP contribution in [0.2, 0.25) is 0 Å². The van der Waals surface area contributed by atoms with Gasteiger partial charge in [-0.2, -0.15) is 0 Å². The number of benzene rings is 2. The topological polar surface area (TPSA) is 64.1 Å². The van der Waals surface area contributed by atoms with Crippen molar-refractivity contribution in [1.29, 1.82) is 0 Å². The predicted molar refractivity (Wildman–Crippen MR) is 113 cm³/mol. The normalized spacial score (nSPS) is 11.8. The summed E-state index contributed by atoms with van der Waals surface area (Å²) in [7, 11) is 0. The lowest BCUT2D eigenvalue weighted by atomic mass is 10.2. The molecule has 1 atom stereocenters. The van der Waals surface area contributed by atoms with Gasteiger partial charge in [0.2, 0.25) is 5.91 Å². The average Bonchev–Trinajstić information content (AvgIpc) is 3.16. The first kappa shape index (κ1) is 19.7. The number of anilines is 1. The summed E-state index contributed by atoms with van der Waals surface area (Å²) in [6.07, 6.45) is 1.96. The second-order valence-electron chi connectivity index (χ2n) is 5.59. The van der Waals surface area contributed by atoms with Crippen molar-refractivity contribution in [2.45, 2.75) is 27.5 Å². The second-order valence-corrected chi connectivity index (χ2v) is 9.20. The number of thioether (sulfide) groups is 2. The van der Waals surface area contributed by atoms with Crippen molar-refractivity contribution in [2.24, 2.45) is 0 Å². The Labute approximate surface area is 170 Å². The molecule has 0 saturated heterocycles. The van der Waals surface area contributed by atoms with Gasteiger partial charge in [0, 0.05) is 5.69 Å². The molecule has 0 bridgehead atoms. The Morgan fingerprint density at radius 2 is 1.81 bits per heavy atom. The molecular formula is C19H19N3O2S3. The summed E-state index contributed by atoms with van der Waals surface area (Å²) in [4.78, 5) is 12.4. The molecule has 8 heteroatoms. The highest BCUT2D eigenvalue weighted by atomic mass is 32.2. The van der Waals surface area contributed by atoms with Crippen LogP contribution in [0, 0.1) is 0 Å². The first-order valence-corrected chi connectivity index (χ1v) is 11.2. The standard InChI is InChI=1S/C19H19N3O2S3/c1-13(26-19-22-21-18(25-2)27-19)17(23)20-15-8-10-16(11-9-15)24-12-14-6-4-3-5-7-14/h3-11,13H,12H2,1-2H3,(H,20,23)/t13-/m0/s1. The Morgan fingerprint density at radius 1 is 1.11 bits per heavy atom. The quantitative estimate of drug-likeness (QED) is 0.523. The van der Waals surface area contributed by atoms with Crippen LogP contribution in [0.3, 0.4) is 0 Å². The van der Waals surface area contributed by atoms with E-state index in [1.165, 1.54) is 23.1 Å². The summed E-state index contributed by atoms with van der Waals surface area (Å²) >= 11 is 4.46. The summed E-state index contributed by atoms with van der Waals surface area (Å²) < 4.78 is 7.46. The molecule has 3 aromatic rings. The number of carbonyl (C=O) groups is 1. The first-order chi connectivity index (χ1) is 13.1. The summed E-state index contributed by atoms with van der Waals surface area (Å²) in [5.41, 5.74) is 1.85. The number of nitrogens with one attached hydrogen (secondary N) is 1. The molecule has 3 rings (SSSR count). The van der Waals surface area contributed by atoms with Gasteiger partial charge < -0.3 is 10.1 Å². The van der Waals surface area contributed by atoms with E-state index in [4.69, 9.17) is 4.74 Å². The van der Waals surface area contributed by atoms with Gasteiger partial charge in [-0.3, -0.25) is 4.79 Å². The Hall–Kier alpha value is -2.03. The van der Waals surface area contributed by atoms with Gasteiger partial charge in [-0.05, 0) is 43.0 Å². The van der Waals surface area contributed by atoms with Crippen molar-refractivity contribution in [3.63, 3.8) is 0 Å². The molecule has 27 heavy (non-hydrogen) atoms. The molecule has 1 aromatic heterocycles. The Morgan fingerprint density at radius 3 is 2.48 bits per heavy atom. The number of hydrogen-bond acceptors (Lipinski definition) is 7. The number of carbonyl (C=O) groups excluding carboxylic acids is 1. The first-order valence-electron chi connectivity index (χ1n) is 8.26. The third-order valence-corrected chi connectivity index (χ3v) is 6.66. The molecule has 1 amide bonds. The van der Waals surface area contributed by atoms with Gasteiger partial charge in [0.15, 0.2) is 8.68 Å². The largest absolute Gasteiger partial charge is 0.489 e. The van der Waals surface area contributed by atoms with Gasteiger partial charge in [0.1, 0.15) is 12.4 Å². The fraction of sp³-hybridized carbons (Fsp3) is 0.211. The fourth-order valence-electron chi connectivity index (χ4n) is 2.15. The highest BCUT2D eigenvalue weighted by Crippen LogP contribution is 2.30. The van der Waals surface area contributed by atoms with E-state index in [0.29, 0.717) is 6.61 Å². The van der Waals surface area contributed by atoms with E-state index in [1.54, 1.807) is 11.8 Å². The van der Waals surface area contributed by atoms with Crippen LogP contribution in [0.15, 0.2) is 63.3 Å². The predicted octanol–water partition coefficient (Wildman–Crippen LogP) is 4.96. The maximum absolute atomic E-state index is 12.4. The van der Waals surface area contributed by atoms with Gasteiger partial charge >= 0.3 is 0 Å². The van der Waals surface area contributed by atoms with E-state index in [0.717, 1.165) is 25.7 Å². The van der Waals surface area contributed by atoms with Crippen molar-refractivity contribution >= 4 is 46.5 Å². The van der Waals surface area contributed by atoms with Crippen molar-refractivity contribution < 1.29 is 9.53 Å². The molecule has 0 aliphatic carbocycles. The third kappa shape index (κ3) is 5.98. The molecule has 0 spiro atoms. The highest BCUT2D eigenvalue weighted by molar-refractivity contribution is 8.03. The zero-order valence-electron chi connectivity index (χ0n) is 14.9. The van der Waals surface area contributed by atoms with E-state index in [9.17, 15) is 4.79 Å². The van der Waals surface area contributed by atoms with Crippen molar-refractivity contribution in [3.8, 4) is 5.75 Å².